The number of aromatic nitrogens is 2. The molecule has 1 fully saturated rings. The molecule has 1 aliphatic rings. The van der Waals surface area contributed by atoms with E-state index < -0.39 is 0 Å². The second-order valence-electron chi connectivity index (χ2n) is 7.16. The highest BCUT2D eigenvalue weighted by Crippen LogP contribution is 2.21. The van der Waals surface area contributed by atoms with Crippen LogP contribution < -0.4 is 10.1 Å². The highest BCUT2D eigenvalue weighted by atomic mass is 16.5. The molecule has 0 bridgehead atoms. The molecule has 0 spiro atoms. The second kappa shape index (κ2) is 9.59. The Morgan fingerprint density at radius 1 is 1.32 bits per heavy atom. The van der Waals surface area contributed by atoms with Crippen LogP contribution in [0.1, 0.15) is 29.7 Å². The van der Waals surface area contributed by atoms with Crippen LogP contribution in [0.5, 0.6) is 5.75 Å². The van der Waals surface area contributed by atoms with Crippen molar-refractivity contribution in [3.8, 4) is 5.75 Å². The van der Waals surface area contributed by atoms with Gasteiger partial charge in [0.25, 0.3) is 0 Å². The average molecular weight is 386 g/mol. The predicted molar refractivity (Wildman–Crippen MR) is 111 cm³/mol. The molecule has 7 nitrogen and oxygen atoms in total. The summed E-state index contributed by atoms with van der Waals surface area (Å²) in [6.07, 6.45) is 3.89. The van der Waals surface area contributed by atoms with Gasteiger partial charge in [0.2, 0.25) is 0 Å². The van der Waals surface area contributed by atoms with E-state index in [1.165, 1.54) is 11.1 Å². The number of nitrogens with one attached hydrogen (secondary N) is 1. The number of hydrogen-bond acceptors (Lipinski definition) is 4. The smallest absolute Gasteiger partial charge is 0.194 e. The Labute approximate surface area is 167 Å². The number of ether oxygens (including phenoxy) is 2. The maximum Gasteiger partial charge on any atom is 0.194 e. The Bertz CT molecular complexity index is 782. The lowest BCUT2D eigenvalue weighted by molar-refractivity contribution is -0.00805. The van der Waals surface area contributed by atoms with E-state index in [9.17, 15) is 0 Å². The number of nitrogens with zero attached hydrogens (tertiary/aromatic N) is 4. The van der Waals surface area contributed by atoms with Gasteiger partial charge in [-0.3, -0.25) is 4.68 Å². The number of aryl methyl sites for hydroxylation is 3. The topological polar surface area (TPSA) is 63.9 Å². The normalized spacial score (nSPS) is 17.6. The van der Waals surface area contributed by atoms with Crippen LogP contribution >= 0.6 is 0 Å². The molecule has 2 aromatic rings. The lowest BCUT2D eigenvalue weighted by Gasteiger charge is -2.34. The molecule has 2 heterocycles. The molecule has 152 valence electrons. The van der Waals surface area contributed by atoms with Crippen molar-refractivity contribution in [1.82, 2.24) is 20.0 Å². The molecule has 0 radical (unpaired) electrons. The molecule has 1 aromatic carbocycles. The van der Waals surface area contributed by atoms with Crippen LogP contribution in [0.25, 0.3) is 0 Å². The summed E-state index contributed by atoms with van der Waals surface area (Å²) in [6, 6.07) is 6.26. The molecule has 7 heteroatoms. The van der Waals surface area contributed by atoms with Crippen molar-refractivity contribution in [2.75, 3.05) is 39.4 Å². The maximum atomic E-state index is 5.94. The summed E-state index contributed by atoms with van der Waals surface area (Å²) in [4.78, 5) is 7.01. The van der Waals surface area contributed by atoms with Gasteiger partial charge in [0, 0.05) is 31.9 Å². The van der Waals surface area contributed by atoms with Crippen LogP contribution in [0, 0.1) is 13.8 Å². The van der Waals surface area contributed by atoms with Crippen LogP contribution in [-0.2, 0) is 11.8 Å². The molecule has 3 rings (SSSR count). The summed E-state index contributed by atoms with van der Waals surface area (Å²) in [5, 5.41) is 7.65. The number of morpholine rings is 1. The fourth-order valence-corrected chi connectivity index (χ4v) is 3.41. The molecule has 1 aliphatic heterocycles. The Hall–Kier alpha value is -2.54. The van der Waals surface area contributed by atoms with Crippen LogP contribution in [-0.4, -0.2) is 60.0 Å². The van der Waals surface area contributed by atoms with E-state index in [4.69, 9.17) is 14.5 Å². The van der Waals surface area contributed by atoms with Crippen molar-refractivity contribution in [2.45, 2.75) is 26.9 Å². The van der Waals surface area contributed by atoms with E-state index in [0.717, 1.165) is 36.9 Å². The number of hydrogen-bond donors (Lipinski definition) is 1. The van der Waals surface area contributed by atoms with E-state index in [2.05, 4.69) is 54.3 Å². The van der Waals surface area contributed by atoms with Gasteiger partial charge in [-0.1, -0.05) is 6.07 Å². The average Bonchev–Trinajstić information content (AvgIpc) is 3.10. The quantitative estimate of drug-likeness (QED) is 0.470. The molecule has 1 atom stereocenters. The largest absolute Gasteiger partial charge is 0.492 e. The fourth-order valence-electron chi connectivity index (χ4n) is 3.41. The van der Waals surface area contributed by atoms with Crippen molar-refractivity contribution in [3.05, 3.63) is 47.3 Å². The Morgan fingerprint density at radius 2 is 2.11 bits per heavy atom. The number of rotatable bonds is 6. The highest BCUT2D eigenvalue weighted by molar-refractivity contribution is 5.80. The van der Waals surface area contributed by atoms with Crippen molar-refractivity contribution in [2.24, 2.45) is 12.0 Å². The molecule has 0 aliphatic carbocycles. The molecule has 1 unspecified atom stereocenters. The van der Waals surface area contributed by atoms with Gasteiger partial charge >= 0.3 is 0 Å². The zero-order valence-corrected chi connectivity index (χ0v) is 17.3. The molecular formula is C21H31N5O2. The first-order valence-electron chi connectivity index (χ1n) is 9.89. The number of aliphatic imine (C=N–C) groups is 1. The maximum absolute atomic E-state index is 5.94. The minimum Gasteiger partial charge on any atom is -0.492 e. The molecule has 28 heavy (non-hydrogen) atoms. The van der Waals surface area contributed by atoms with Gasteiger partial charge in [-0.05, 0) is 44.0 Å². The van der Waals surface area contributed by atoms with Gasteiger partial charge in [0.15, 0.2) is 5.96 Å². The van der Waals surface area contributed by atoms with Crippen molar-refractivity contribution < 1.29 is 9.47 Å². The molecule has 1 saturated heterocycles. The van der Waals surface area contributed by atoms with E-state index in [1.54, 1.807) is 4.68 Å². The zero-order valence-electron chi connectivity index (χ0n) is 17.3. The molecule has 1 N–H and O–H groups in total. The van der Waals surface area contributed by atoms with Crippen molar-refractivity contribution >= 4 is 5.96 Å². The zero-order chi connectivity index (χ0) is 19.9. The standard InChI is InChI=1S/C21H31N5O2/c1-5-22-21(23-6-8-27-19-11-16(2)10-17(3)12-19)26-7-9-28-20(15-26)18-13-24-25(4)14-18/h10-14,20H,5-9,15H2,1-4H3,(H,22,23). The predicted octanol–water partition coefficient (Wildman–Crippen LogP) is 2.45. The van der Waals surface area contributed by atoms with Crippen LogP contribution in [0.3, 0.4) is 0 Å². The highest BCUT2D eigenvalue weighted by Gasteiger charge is 2.25. The summed E-state index contributed by atoms with van der Waals surface area (Å²) in [6.45, 7) is 10.5. The van der Waals surface area contributed by atoms with Gasteiger partial charge in [0.1, 0.15) is 18.5 Å². The minimum atomic E-state index is 0.0119. The lowest BCUT2D eigenvalue weighted by atomic mass is 10.1. The fraction of sp³-hybridized carbons (Fsp3) is 0.524. The van der Waals surface area contributed by atoms with Gasteiger partial charge < -0.3 is 19.7 Å². The monoisotopic (exact) mass is 385 g/mol. The van der Waals surface area contributed by atoms with Crippen LogP contribution in [0.15, 0.2) is 35.6 Å². The third-order valence-electron chi connectivity index (χ3n) is 4.61. The van der Waals surface area contributed by atoms with E-state index >= 15 is 0 Å². The van der Waals surface area contributed by atoms with Crippen molar-refractivity contribution in [3.63, 3.8) is 0 Å². The second-order valence-corrected chi connectivity index (χ2v) is 7.16. The Kier molecular flexibility index (Phi) is 6.92. The summed E-state index contributed by atoms with van der Waals surface area (Å²) in [5.41, 5.74) is 3.52. The first kappa shape index (κ1) is 20.2. The van der Waals surface area contributed by atoms with Crippen molar-refractivity contribution in [1.29, 1.82) is 0 Å². The number of benzene rings is 1. The lowest BCUT2D eigenvalue weighted by Crippen LogP contribution is -2.48. The van der Waals surface area contributed by atoms with E-state index in [0.29, 0.717) is 19.8 Å². The third kappa shape index (κ3) is 5.48. The van der Waals surface area contributed by atoms with E-state index in [1.807, 2.05) is 19.4 Å². The molecule has 0 saturated carbocycles. The first-order chi connectivity index (χ1) is 13.5. The van der Waals surface area contributed by atoms with Gasteiger partial charge in [0.05, 0.1) is 25.9 Å². The van der Waals surface area contributed by atoms with E-state index in [-0.39, 0.29) is 6.10 Å². The Morgan fingerprint density at radius 3 is 2.79 bits per heavy atom. The van der Waals surface area contributed by atoms with Crippen LogP contribution in [0.2, 0.25) is 0 Å². The van der Waals surface area contributed by atoms with Gasteiger partial charge in [-0.25, -0.2) is 4.99 Å². The van der Waals surface area contributed by atoms with Gasteiger partial charge in [-0.2, -0.15) is 5.10 Å². The summed E-state index contributed by atoms with van der Waals surface area (Å²) >= 11 is 0. The molecule has 1 aromatic heterocycles. The van der Waals surface area contributed by atoms with Crippen LogP contribution in [0.4, 0.5) is 0 Å². The summed E-state index contributed by atoms with van der Waals surface area (Å²) in [7, 11) is 1.92. The third-order valence-corrected chi connectivity index (χ3v) is 4.61. The summed E-state index contributed by atoms with van der Waals surface area (Å²) < 4.78 is 13.6. The summed E-state index contributed by atoms with van der Waals surface area (Å²) in [5.74, 6) is 1.81. The molecular weight excluding hydrogens is 354 g/mol. The molecule has 0 amide bonds. The SMILES string of the molecule is CCNC(=NCCOc1cc(C)cc(C)c1)N1CCOC(c2cnn(C)c2)C1. The van der Waals surface area contributed by atoms with Gasteiger partial charge in [-0.15, -0.1) is 0 Å². The Balaban J connectivity index is 1.58. The first-order valence-corrected chi connectivity index (χ1v) is 9.89. The number of guanidine groups is 1. The minimum absolute atomic E-state index is 0.0119.